The summed E-state index contributed by atoms with van der Waals surface area (Å²) in [5.41, 5.74) is 3.64. The summed E-state index contributed by atoms with van der Waals surface area (Å²) >= 11 is 6.96. The second kappa shape index (κ2) is 8.38. The predicted molar refractivity (Wildman–Crippen MR) is 108 cm³/mol. The normalized spacial score (nSPS) is 11.0. The first-order valence-electron chi connectivity index (χ1n) is 8.30. The maximum Gasteiger partial charge on any atom is 0.209 e. The maximum atomic E-state index is 5.46. The Morgan fingerprint density at radius 2 is 1.80 bits per heavy atom. The van der Waals surface area contributed by atoms with E-state index in [1.54, 1.807) is 0 Å². The lowest BCUT2D eigenvalue weighted by molar-refractivity contribution is 0.245. The van der Waals surface area contributed by atoms with Gasteiger partial charge in [0.15, 0.2) is 3.95 Å². The molecule has 1 heterocycles. The molecule has 3 aromatic rings. The van der Waals surface area contributed by atoms with E-state index in [0.29, 0.717) is 6.67 Å². The van der Waals surface area contributed by atoms with Crippen molar-refractivity contribution in [1.82, 2.24) is 14.7 Å². The molecular weight excluding hydrogens is 348 g/mol. The molecule has 0 fully saturated rings. The summed E-state index contributed by atoms with van der Waals surface area (Å²) in [6.45, 7) is 3.68. The Kier molecular flexibility index (Phi) is 5.96. The molecule has 0 aliphatic rings. The van der Waals surface area contributed by atoms with E-state index in [-0.39, 0.29) is 0 Å². The van der Waals surface area contributed by atoms with Gasteiger partial charge in [-0.25, -0.2) is 4.68 Å². The van der Waals surface area contributed by atoms with Crippen LogP contribution in [0.2, 0.25) is 0 Å². The minimum absolute atomic E-state index is 0.667. The van der Waals surface area contributed by atoms with Gasteiger partial charge in [0, 0.05) is 12.2 Å². The van der Waals surface area contributed by atoms with Crippen LogP contribution in [0.3, 0.4) is 0 Å². The van der Waals surface area contributed by atoms with Crippen molar-refractivity contribution >= 4 is 34.4 Å². The molecule has 3 rings (SSSR count). The van der Waals surface area contributed by atoms with Gasteiger partial charge in [0.05, 0.1) is 6.67 Å². The van der Waals surface area contributed by atoms with Crippen LogP contribution in [0.25, 0.3) is 0 Å². The highest BCUT2D eigenvalue weighted by Crippen LogP contribution is 2.21. The fourth-order valence-corrected chi connectivity index (χ4v) is 3.58. The largest absolute Gasteiger partial charge is 0.330 e. The van der Waals surface area contributed by atoms with Gasteiger partial charge in [-0.1, -0.05) is 60.7 Å². The first-order valence-corrected chi connectivity index (χ1v) is 9.53. The van der Waals surface area contributed by atoms with Gasteiger partial charge in [0.25, 0.3) is 0 Å². The third-order valence-electron chi connectivity index (χ3n) is 3.89. The number of anilines is 2. The molecule has 0 spiro atoms. The average Bonchev–Trinajstić information content (AvgIpc) is 2.95. The van der Waals surface area contributed by atoms with Gasteiger partial charge in [-0.15, -0.1) is 5.10 Å². The Labute approximate surface area is 157 Å². The van der Waals surface area contributed by atoms with E-state index in [4.69, 9.17) is 12.2 Å². The maximum absolute atomic E-state index is 5.46. The number of nitrogens with zero attached hydrogens (tertiary/aromatic N) is 3. The molecule has 6 heteroatoms. The molecule has 0 bridgehead atoms. The van der Waals surface area contributed by atoms with Crippen LogP contribution in [0, 0.1) is 3.95 Å². The van der Waals surface area contributed by atoms with E-state index in [1.807, 2.05) is 10.7 Å². The zero-order valence-electron chi connectivity index (χ0n) is 14.5. The van der Waals surface area contributed by atoms with Crippen molar-refractivity contribution in [2.24, 2.45) is 0 Å². The molecule has 25 heavy (non-hydrogen) atoms. The van der Waals surface area contributed by atoms with Crippen molar-refractivity contribution in [3.8, 4) is 0 Å². The van der Waals surface area contributed by atoms with Crippen LogP contribution in [0.4, 0.5) is 10.8 Å². The summed E-state index contributed by atoms with van der Waals surface area (Å²) in [5.74, 6) is 0. The lowest BCUT2D eigenvalue weighted by atomic mass is 10.1. The minimum Gasteiger partial charge on any atom is -0.330 e. The van der Waals surface area contributed by atoms with Crippen molar-refractivity contribution in [2.45, 2.75) is 26.6 Å². The highest BCUT2D eigenvalue weighted by atomic mass is 32.1. The number of rotatable bonds is 7. The van der Waals surface area contributed by atoms with Crippen LogP contribution >= 0.6 is 23.6 Å². The quantitative estimate of drug-likeness (QED) is 0.589. The summed E-state index contributed by atoms with van der Waals surface area (Å²) in [7, 11) is 2.07. The number of hydrogen-bond acceptors (Lipinski definition) is 5. The molecular formula is C19H22N4S2. The van der Waals surface area contributed by atoms with Crippen LogP contribution in [0.15, 0.2) is 54.6 Å². The second-order valence-corrected chi connectivity index (χ2v) is 7.61. The number of hydrogen-bond donors (Lipinski definition) is 1. The minimum atomic E-state index is 0.667. The zero-order chi connectivity index (χ0) is 17.6. The van der Waals surface area contributed by atoms with Crippen LogP contribution in [-0.2, 0) is 19.6 Å². The zero-order valence-corrected chi connectivity index (χ0v) is 16.1. The highest BCUT2D eigenvalue weighted by molar-refractivity contribution is 7.73. The smallest absolute Gasteiger partial charge is 0.209 e. The van der Waals surface area contributed by atoms with Crippen LogP contribution in [-0.4, -0.2) is 21.7 Å². The SMILES string of the molecule is CCc1ccc(Nc2nn(CN(C)Cc3ccccc3)c(=S)s2)cc1. The van der Waals surface area contributed by atoms with E-state index < -0.39 is 0 Å². The van der Waals surface area contributed by atoms with Gasteiger partial charge < -0.3 is 5.32 Å². The predicted octanol–water partition coefficient (Wildman–Crippen LogP) is 5.07. The van der Waals surface area contributed by atoms with E-state index in [1.165, 1.54) is 22.5 Å². The molecule has 1 N–H and O–H groups in total. The van der Waals surface area contributed by atoms with Crippen molar-refractivity contribution in [3.63, 3.8) is 0 Å². The molecule has 0 atom stereocenters. The van der Waals surface area contributed by atoms with Gasteiger partial charge in [0.1, 0.15) is 0 Å². The van der Waals surface area contributed by atoms with Crippen molar-refractivity contribution in [1.29, 1.82) is 0 Å². The summed E-state index contributed by atoms with van der Waals surface area (Å²) < 4.78 is 2.64. The van der Waals surface area contributed by atoms with Gasteiger partial charge in [-0.3, -0.25) is 4.90 Å². The Morgan fingerprint density at radius 1 is 1.08 bits per heavy atom. The second-order valence-electron chi connectivity index (χ2n) is 5.99. The standard InChI is InChI=1S/C19H22N4S2/c1-3-15-9-11-17(12-10-15)20-18-21-23(19(24)25-18)14-22(2)13-16-7-5-4-6-8-16/h4-12H,3,13-14H2,1-2H3,(H,20,21). The van der Waals surface area contributed by atoms with Crippen molar-refractivity contribution < 1.29 is 0 Å². The number of aryl methyl sites for hydroxylation is 1. The molecule has 4 nitrogen and oxygen atoms in total. The lowest BCUT2D eigenvalue weighted by Crippen LogP contribution is -2.22. The van der Waals surface area contributed by atoms with Gasteiger partial charge >= 0.3 is 0 Å². The van der Waals surface area contributed by atoms with Crippen LogP contribution in [0.1, 0.15) is 18.1 Å². The summed E-state index contributed by atoms with van der Waals surface area (Å²) in [6, 6.07) is 18.8. The van der Waals surface area contributed by atoms with E-state index >= 15 is 0 Å². The van der Waals surface area contributed by atoms with Crippen molar-refractivity contribution in [3.05, 3.63) is 69.7 Å². The van der Waals surface area contributed by atoms with Crippen LogP contribution < -0.4 is 5.32 Å². The third-order valence-corrected chi connectivity index (χ3v) is 5.11. The molecule has 130 valence electrons. The molecule has 0 radical (unpaired) electrons. The molecule has 0 saturated heterocycles. The summed E-state index contributed by atoms with van der Waals surface area (Å²) in [5, 5.41) is 8.77. The molecule has 2 aromatic carbocycles. The van der Waals surface area contributed by atoms with Crippen LogP contribution in [0.5, 0.6) is 0 Å². The Morgan fingerprint density at radius 3 is 2.48 bits per heavy atom. The molecule has 0 amide bonds. The summed E-state index contributed by atoms with van der Waals surface area (Å²) in [6.07, 6.45) is 1.04. The topological polar surface area (TPSA) is 33.1 Å². The molecule has 1 aromatic heterocycles. The molecule has 0 aliphatic heterocycles. The molecule has 0 aliphatic carbocycles. The Balaban J connectivity index is 1.64. The highest BCUT2D eigenvalue weighted by Gasteiger charge is 2.07. The number of aromatic nitrogens is 2. The Hall–Kier alpha value is -2.02. The van der Waals surface area contributed by atoms with Gasteiger partial charge in [0.2, 0.25) is 5.13 Å². The summed E-state index contributed by atoms with van der Waals surface area (Å²) in [4.78, 5) is 2.20. The third kappa shape index (κ3) is 4.98. The molecule has 0 unspecified atom stereocenters. The van der Waals surface area contributed by atoms with E-state index in [2.05, 4.69) is 77.8 Å². The number of benzene rings is 2. The molecule has 0 saturated carbocycles. The van der Waals surface area contributed by atoms with E-state index in [0.717, 1.165) is 27.7 Å². The van der Waals surface area contributed by atoms with Gasteiger partial charge in [-0.2, -0.15) is 0 Å². The van der Waals surface area contributed by atoms with E-state index in [9.17, 15) is 0 Å². The Bertz CT molecular complexity index is 853. The van der Waals surface area contributed by atoms with Gasteiger partial charge in [-0.05, 0) is 48.9 Å². The lowest BCUT2D eigenvalue weighted by Gasteiger charge is -2.16. The average molecular weight is 371 g/mol. The number of nitrogens with one attached hydrogen (secondary N) is 1. The fourth-order valence-electron chi connectivity index (χ4n) is 2.57. The van der Waals surface area contributed by atoms with Crippen molar-refractivity contribution in [2.75, 3.05) is 12.4 Å². The first-order chi connectivity index (χ1) is 12.1. The first kappa shape index (κ1) is 17.8. The monoisotopic (exact) mass is 370 g/mol. The fraction of sp³-hybridized carbons (Fsp3) is 0.263.